The summed E-state index contributed by atoms with van der Waals surface area (Å²) in [6, 6.07) is 12.4. The highest BCUT2D eigenvalue weighted by molar-refractivity contribution is 6.39. The van der Waals surface area contributed by atoms with Gasteiger partial charge in [-0.05, 0) is 49.2 Å². The second-order valence-corrected chi connectivity index (χ2v) is 6.50. The zero-order chi connectivity index (χ0) is 18.7. The highest BCUT2D eigenvalue weighted by Gasteiger charge is 2.13. The Labute approximate surface area is 161 Å². The summed E-state index contributed by atoms with van der Waals surface area (Å²) >= 11 is 12.3. The number of anilines is 3. The molecule has 1 heterocycles. The van der Waals surface area contributed by atoms with E-state index in [9.17, 15) is 4.79 Å². The van der Waals surface area contributed by atoms with Crippen LogP contribution in [-0.2, 0) is 0 Å². The van der Waals surface area contributed by atoms with E-state index < -0.39 is 0 Å². The Morgan fingerprint density at radius 2 is 1.69 bits per heavy atom. The number of benzene rings is 2. The van der Waals surface area contributed by atoms with Crippen molar-refractivity contribution in [3.63, 3.8) is 0 Å². The first kappa shape index (κ1) is 18.2. The molecule has 0 saturated heterocycles. The topological polar surface area (TPSA) is 66.9 Å². The van der Waals surface area contributed by atoms with Gasteiger partial charge in [-0.15, -0.1) is 0 Å². The molecule has 0 spiro atoms. The third-order valence-electron chi connectivity index (χ3n) is 3.94. The van der Waals surface area contributed by atoms with Crippen molar-refractivity contribution in [2.24, 2.45) is 0 Å². The second kappa shape index (κ2) is 7.72. The van der Waals surface area contributed by atoms with Crippen molar-refractivity contribution in [1.29, 1.82) is 0 Å². The number of nitrogens with zero attached hydrogens (tertiary/aromatic N) is 2. The zero-order valence-electron chi connectivity index (χ0n) is 14.2. The molecule has 0 aliphatic carbocycles. The van der Waals surface area contributed by atoms with Gasteiger partial charge >= 0.3 is 0 Å². The van der Waals surface area contributed by atoms with Crippen LogP contribution in [0.5, 0.6) is 0 Å². The van der Waals surface area contributed by atoms with E-state index in [1.807, 2.05) is 32.0 Å². The lowest BCUT2D eigenvalue weighted by Crippen LogP contribution is -2.15. The minimum absolute atomic E-state index is 0.228. The Bertz CT molecular complexity index is 955. The van der Waals surface area contributed by atoms with Crippen LogP contribution in [0.3, 0.4) is 0 Å². The second-order valence-electron chi connectivity index (χ2n) is 5.69. The summed E-state index contributed by atoms with van der Waals surface area (Å²) in [5, 5.41) is 6.70. The molecule has 0 saturated carbocycles. The Morgan fingerprint density at radius 3 is 2.42 bits per heavy atom. The van der Waals surface area contributed by atoms with Crippen LogP contribution >= 0.6 is 23.2 Å². The molecule has 0 atom stereocenters. The number of halogens is 2. The normalized spacial score (nSPS) is 10.5. The number of hydrogen-bond acceptors (Lipinski definition) is 4. The molecule has 1 amide bonds. The van der Waals surface area contributed by atoms with Crippen LogP contribution in [0.4, 0.5) is 17.3 Å². The fourth-order valence-corrected chi connectivity index (χ4v) is 2.84. The van der Waals surface area contributed by atoms with Gasteiger partial charge in [0.05, 0.1) is 15.7 Å². The Hall–Kier alpha value is -2.63. The van der Waals surface area contributed by atoms with Crippen LogP contribution in [-0.4, -0.2) is 15.9 Å². The Kier molecular flexibility index (Phi) is 5.40. The van der Waals surface area contributed by atoms with Crippen LogP contribution in [0.1, 0.15) is 21.6 Å². The monoisotopic (exact) mass is 386 g/mol. The first-order chi connectivity index (χ1) is 12.5. The van der Waals surface area contributed by atoms with Crippen LogP contribution < -0.4 is 10.6 Å². The lowest BCUT2D eigenvalue weighted by atomic mass is 10.1. The largest absolute Gasteiger partial charge is 0.322 e. The first-order valence-electron chi connectivity index (χ1n) is 7.87. The van der Waals surface area contributed by atoms with Crippen molar-refractivity contribution >= 4 is 46.4 Å². The Morgan fingerprint density at radius 1 is 1.00 bits per heavy atom. The summed E-state index contributed by atoms with van der Waals surface area (Å²) in [5.74, 6) is -0.0944. The molecule has 0 aliphatic rings. The molecule has 3 aromatic rings. The molecule has 2 N–H and O–H groups in total. The maximum atomic E-state index is 12.5. The van der Waals surface area contributed by atoms with Gasteiger partial charge in [0.1, 0.15) is 5.69 Å². The lowest BCUT2D eigenvalue weighted by molar-refractivity contribution is 0.102. The predicted molar refractivity (Wildman–Crippen MR) is 106 cm³/mol. The van der Waals surface area contributed by atoms with Crippen molar-refractivity contribution in [2.75, 3.05) is 10.6 Å². The number of rotatable bonds is 4. The summed E-state index contributed by atoms with van der Waals surface area (Å²) in [4.78, 5) is 20.9. The summed E-state index contributed by atoms with van der Waals surface area (Å²) < 4.78 is 0. The van der Waals surface area contributed by atoms with Crippen molar-refractivity contribution < 1.29 is 4.79 Å². The van der Waals surface area contributed by atoms with Crippen molar-refractivity contribution in [3.05, 3.63) is 75.5 Å². The minimum Gasteiger partial charge on any atom is -0.322 e. The van der Waals surface area contributed by atoms with E-state index in [2.05, 4.69) is 20.6 Å². The van der Waals surface area contributed by atoms with Gasteiger partial charge in [-0.2, -0.15) is 0 Å². The van der Waals surface area contributed by atoms with Gasteiger partial charge in [0.2, 0.25) is 5.95 Å². The molecule has 2 aromatic carbocycles. The number of carbonyl (C=O) groups excluding carboxylic acids is 1. The highest BCUT2D eigenvalue weighted by Crippen LogP contribution is 2.31. The fourth-order valence-electron chi connectivity index (χ4n) is 2.35. The molecule has 26 heavy (non-hydrogen) atoms. The van der Waals surface area contributed by atoms with Crippen LogP contribution in [0.2, 0.25) is 10.0 Å². The quantitative estimate of drug-likeness (QED) is 0.629. The zero-order valence-corrected chi connectivity index (χ0v) is 15.7. The maximum Gasteiger partial charge on any atom is 0.274 e. The molecule has 3 rings (SSSR count). The molecular weight excluding hydrogens is 371 g/mol. The Balaban J connectivity index is 1.83. The molecule has 0 aliphatic heterocycles. The molecule has 1 aromatic heterocycles. The van der Waals surface area contributed by atoms with Gasteiger partial charge in [-0.1, -0.05) is 41.4 Å². The van der Waals surface area contributed by atoms with Gasteiger partial charge in [0.15, 0.2) is 0 Å². The maximum absolute atomic E-state index is 12.5. The van der Waals surface area contributed by atoms with Crippen LogP contribution in [0.15, 0.2) is 48.7 Å². The summed E-state index contributed by atoms with van der Waals surface area (Å²) in [6.07, 6.45) is 1.50. The molecule has 0 fully saturated rings. The lowest BCUT2D eigenvalue weighted by Gasteiger charge is -2.11. The number of aryl methyl sites for hydroxylation is 1. The number of amides is 1. The van der Waals surface area contributed by atoms with Gasteiger partial charge in [-0.25, -0.2) is 9.97 Å². The minimum atomic E-state index is -0.325. The molecule has 7 heteroatoms. The number of carbonyl (C=O) groups is 1. The highest BCUT2D eigenvalue weighted by atomic mass is 35.5. The van der Waals surface area contributed by atoms with Gasteiger partial charge in [0, 0.05) is 11.9 Å². The van der Waals surface area contributed by atoms with E-state index in [1.54, 1.807) is 24.3 Å². The molecule has 0 bridgehead atoms. The average molecular weight is 387 g/mol. The van der Waals surface area contributed by atoms with Crippen molar-refractivity contribution in [1.82, 2.24) is 9.97 Å². The van der Waals surface area contributed by atoms with E-state index in [4.69, 9.17) is 23.2 Å². The van der Waals surface area contributed by atoms with E-state index in [-0.39, 0.29) is 17.5 Å². The number of nitrogens with one attached hydrogen (secondary N) is 2. The third kappa shape index (κ3) is 3.95. The summed E-state index contributed by atoms with van der Waals surface area (Å²) in [7, 11) is 0. The number of hydrogen-bond donors (Lipinski definition) is 2. The summed E-state index contributed by atoms with van der Waals surface area (Å²) in [5.41, 5.74) is 3.57. The van der Waals surface area contributed by atoms with Crippen molar-refractivity contribution in [2.45, 2.75) is 13.8 Å². The average Bonchev–Trinajstić information content (AvgIpc) is 2.62. The predicted octanol–water partition coefficient (Wildman–Crippen LogP) is 5.40. The van der Waals surface area contributed by atoms with Crippen LogP contribution in [0, 0.1) is 13.8 Å². The van der Waals surface area contributed by atoms with E-state index in [1.165, 1.54) is 6.20 Å². The van der Waals surface area contributed by atoms with Gasteiger partial charge < -0.3 is 10.6 Å². The molecule has 0 radical (unpaired) electrons. The molecule has 132 valence electrons. The molecular formula is C19H16Cl2N4O. The van der Waals surface area contributed by atoms with E-state index in [0.29, 0.717) is 15.7 Å². The third-order valence-corrected chi connectivity index (χ3v) is 4.57. The molecule has 5 nitrogen and oxygen atoms in total. The summed E-state index contributed by atoms with van der Waals surface area (Å²) in [6.45, 7) is 3.95. The number of para-hydroxylation sites is 1. The molecule has 0 unspecified atom stereocenters. The standard InChI is InChI=1S/C19H16Cl2N4O/c1-11-5-3-8-15(12(11)2)23-18(26)16-9-10-22-19(24-16)25-17-13(20)6-4-7-14(17)21/h3-10H,1-2H3,(H,23,26)(H,22,24,25). The van der Waals surface area contributed by atoms with Crippen LogP contribution in [0.25, 0.3) is 0 Å². The van der Waals surface area contributed by atoms with Gasteiger partial charge in [-0.3, -0.25) is 4.79 Å². The van der Waals surface area contributed by atoms with E-state index >= 15 is 0 Å². The first-order valence-corrected chi connectivity index (χ1v) is 8.63. The van der Waals surface area contributed by atoms with Gasteiger partial charge in [0.25, 0.3) is 5.91 Å². The smallest absolute Gasteiger partial charge is 0.274 e. The van der Waals surface area contributed by atoms with Crippen molar-refractivity contribution in [3.8, 4) is 0 Å². The SMILES string of the molecule is Cc1cccc(NC(=O)c2ccnc(Nc3c(Cl)cccc3Cl)n2)c1C. The number of aromatic nitrogens is 2. The van der Waals surface area contributed by atoms with E-state index in [0.717, 1.165) is 16.8 Å². The fraction of sp³-hybridized carbons (Fsp3) is 0.105.